The van der Waals surface area contributed by atoms with E-state index in [1.807, 2.05) is 23.1 Å². The average Bonchev–Trinajstić information content (AvgIpc) is 2.92. The molecule has 0 saturated heterocycles. The van der Waals surface area contributed by atoms with Crippen LogP contribution in [0, 0.1) is 5.92 Å². The topological polar surface area (TPSA) is 12.0 Å². The molecule has 1 N–H and O–H groups in total. The summed E-state index contributed by atoms with van der Waals surface area (Å²) >= 11 is 3.80. The molecule has 1 heterocycles. The zero-order valence-corrected chi connectivity index (χ0v) is 13.9. The Morgan fingerprint density at radius 1 is 1.20 bits per heavy atom. The van der Waals surface area contributed by atoms with Crippen molar-refractivity contribution in [3.63, 3.8) is 0 Å². The highest BCUT2D eigenvalue weighted by molar-refractivity contribution is 7.99. The molecule has 0 unspecified atom stereocenters. The Labute approximate surface area is 130 Å². The van der Waals surface area contributed by atoms with Crippen LogP contribution in [0.4, 0.5) is 0 Å². The number of thiophene rings is 1. The minimum absolute atomic E-state index is 0.707. The molecule has 0 amide bonds. The van der Waals surface area contributed by atoms with Gasteiger partial charge in [-0.2, -0.15) is 0 Å². The largest absolute Gasteiger partial charge is 0.312 e. The molecule has 0 aliphatic carbocycles. The van der Waals surface area contributed by atoms with E-state index in [2.05, 4.69) is 60.9 Å². The summed E-state index contributed by atoms with van der Waals surface area (Å²) in [4.78, 5) is 2.86. The summed E-state index contributed by atoms with van der Waals surface area (Å²) in [6.45, 7) is 6.53. The van der Waals surface area contributed by atoms with Crippen LogP contribution in [0.1, 0.15) is 24.3 Å². The maximum atomic E-state index is 3.50. The lowest BCUT2D eigenvalue weighted by Gasteiger charge is -2.08. The lowest BCUT2D eigenvalue weighted by Crippen LogP contribution is -2.18. The predicted molar refractivity (Wildman–Crippen MR) is 91.7 cm³/mol. The van der Waals surface area contributed by atoms with Crippen LogP contribution in [0.15, 0.2) is 46.7 Å². The van der Waals surface area contributed by atoms with Crippen LogP contribution < -0.4 is 5.32 Å². The maximum Gasteiger partial charge on any atom is 0.0206 e. The number of rotatable bonds is 8. The second kappa shape index (κ2) is 8.50. The molecule has 0 spiro atoms. The van der Waals surface area contributed by atoms with Crippen molar-refractivity contribution in [2.75, 3.05) is 12.3 Å². The second-order valence-electron chi connectivity index (χ2n) is 5.35. The molecule has 2 aromatic rings. The monoisotopic (exact) mass is 305 g/mol. The molecule has 2 rings (SSSR count). The predicted octanol–water partition coefficient (Wildman–Crippen LogP) is 4.83. The maximum absolute atomic E-state index is 3.50. The first-order valence-corrected chi connectivity index (χ1v) is 9.05. The summed E-state index contributed by atoms with van der Waals surface area (Å²) in [5.41, 5.74) is 1.38. The molecule has 108 valence electrons. The van der Waals surface area contributed by atoms with Crippen molar-refractivity contribution in [2.45, 2.75) is 31.7 Å². The minimum Gasteiger partial charge on any atom is -0.312 e. The number of aryl methyl sites for hydroxylation is 1. The van der Waals surface area contributed by atoms with E-state index in [0.29, 0.717) is 5.92 Å². The van der Waals surface area contributed by atoms with Crippen LogP contribution in [-0.4, -0.2) is 12.3 Å². The van der Waals surface area contributed by atoms with E-state index in [1.165, 1.54) is 15.3 Å². The van der Waals surface area contributed by atoms with E-state index in [0.717, 1.165) is 25.3 Å². The van der Waals surface area contributed by atoms with Gasteiger partial charge in [0.1, 0.15) is 0 Å². The van der Waals surface area contributed by atoms with Gasteiger partial charge in [-0.15, -0.1) is 23.1 Å². The van der Waals surface area contributed by atoms with Crippen LogP contribution in [0.25, 0.3) is 0 Å². The van der Waals surface area contributed by atoms with Crippen molar-refractivity contribution in [1.82, 2.24) is 5.32 Å². The van der Waals surface area contributed by atoms with Gasteiger partial charge in [0.15, 0.2) is 0 Å². The van der Waals surface area contributed by atoms with Crippen LogP contribution in [-0.2, 0) is 13.0 Å². The van der Waals surface area contributed by atoms with E-state index in [1.54, 1.807) is 0 Å². The van der Waals surface area contributed by atoms with Crippen LogP contribution >= 0.6 is 23.1 Å². The third kappa shape index (κ3) is 5.70. The Hall–Kier alpha value is -0.770. The SMILES string of the molecule is CC(C)CNCc1cccc(SCCc2cccs2)c1. The summed E-state index contributed by atoms with van der Waals surface area (Å²) in [5.74, 6) is 1.86. The van der Waals surface area contributed by atoms with E-state index >= 15 is 0 Å². The lowest BCUT2D eigenvalue weighted by molar-refractivity contribution is 0.552. The Kier molecular flexibility index (Phi) is 6.64. The number of hydrogen-bond acceptors (Lipinski definition) is 3. The Balaban J connectivity index is 1.77. The molecule has 0 aliphatic heterocycles. The first-order valence-electron chi connectivity index (χ1n) is 7.19. The van der Waals surface area contributed by atoms with Gasteiger partial charge in [0, 0.05) is 22.1 Å². The number of nitrogens with one attached hydrogen (secondary N) is 1. The normalized spacial score (nSPS) is 11.2. The van der Waals surface area contributed by atoms with E-state index in [9.17, 15) is 0 Å². The summed E-state index contributed by atoms with van der Waals surface area (Å²) in [7, 11) is 0. The Bertz CT molecular complexity index is 491. The summed E-state index contributed by atoms with van der Waals surface area (Å²) in [6, 6.07) is 13.2. The van der Waals surface area contributed by atoms with Crippen molar-refractivity contribution in [2.24, 2.45) is 5.92 Å². The summed E-state index contributed by atoms with van der Waals surface area (Å²) in [5, 5.41) is 5.65. The molecule has 0 atom stereocenters. The minimum atomic E-state index is 0.707. The van der Waals surface area contributed by atoms with Crippen LogP contribution in [0.3, 0.4) is 0 Å². The molecule has 20 heavy (non-hydrogen) atoms. The fourth-order valence-electron chi connectivity index (χ4n) is 1.97. The quantitative estimate of drug-likeness (QED) is 0.701. The lowest BCUT2D eigenvalue weighted by atomic mass is 10.2. The summed E-state index contributed by atoms with van der Waals surface area (Å²) < 4.78 is 0. The third-order valence-corrected chi connectivity index (χ3v) is 4.91. The molecule has 0 bridgehead atoms. The van der Waals surface area contributed by atoms with Crippen molar-refractivity contribution in [1.29, 1.82) is 0 Å². The van der Waals surface area contributed by atoms with Gasteiger partial charge in [-0.25, -0.2) is 0 Å². The van der Waals surface area contributed by atoms with Gasteiger partial charge in [0.25, 0.3) is 0 Å². The molecular formula is C17H23NS2. The van der Waals surface area contributed by atoms with E-state index in [-0.39, 0.29) is 0 Å². The molecule has 1 nitrogen and oxygen atoms in total. The molecule has 0 radical (unpaired) electrons. The van der Waals surface area contributed by atoms with Gasteiger partial charge in [-0.05, 0) is 48.0 Å². The Morgan fingerprint density at radius 3 is 2.85 bits per heavy atom. The molecule has 0 aliphatic rings. The molecule has 3 heteroatoms. The van der Waals surface area contributed by atoms with E-state index in [4.69, 9.17) is 0 Å². The number of hydrogen-bond donors (Lipinski definition) is 1. The van der Waals surface area contributed by atoms with Crippen molar-refractivity contribution >= 4 is 23.1 Å². The second-order valence-corrected chi connectivity index (χ2v) is 7.55. The third-order valence-electron chi connectivity index (χ3n) is 2.98. The van der Waals surface area contributed by atoms with Crippen molar-refractivity contribution in [3.05, 3.63) is 52.2 Å². The molecular weight excluding hydrogens is 282 g/mol. The highest BCUT2D eigenvalue weighted by atomic mass is 32.2. The van der Waals surface area contributed by atoms with Gasteiger partial charge < -0.3 is 5.32 Å². The van der Waals surface area contributed by atoms with Crippen LogP contribution in [0.5, 0.6) is 0 Å². The molecule has 0 saturated carbocycles. The van der Waals surface area contributed by atoms with Gasteiger partial charge in [0.2, 0.25) is 0 Å². The first-order chi connectivity index (χ1) is 9.74. The fraction of sp³-hybridized carbons (Fsp3) is 0.412. The standard InChI is InChI=1S/C17H23NS2/c1-14(2)12-18-13-15-5-3-6-17(11-15)20-10-8-16-7-4-9-19-16/h3-7,9,11,14,18H,8,10,12-13H2,1-2H3. The van der Waals surface area contributed by atoms with Gasteiger partial charge in [-0.1, -0.05) is 32.0 Å². The van der Waals surface area contributed by atoms with Gasteiger partial charge in [-0.3, -0.25) is 0 Å². The fourth-order valence-corrected chi connectivity index (χ4v) is 3.78. The zero-order chi connectivity index (χ0) is 14.2. The van der Waals surface area contributed by atoms with E-state index < -0.39 is 0 Å². The van der Waals surface area contributed by atoms with Crippen molar-refractivity contribution < 1.29 is 0 Å². The van der Waals surface area contributed by atoms with Gasteiger partial charge >= 0.3 is 0 Å². The highest BCUT2D eigenvalue weighted by Gasteiger charge is 1.99. The number of thioether (sulfide) groups is 1. The summed E-state index contributed by atoms with van der Waals surface area (Å²) in [6.07, 6.45) is 1.16. The molecule has 0 fully saturated rings. The van der Waals surface area contributed by atoms with Crippen molar-refractivity contribution in [3.8, 4) is 0 Å². The van der Waals surface area contributed by atoms with Crippen LogP contribution in [0.2, 0.25) is 0 Å². The molecule has 1 aromatic carbocycles. The molecule has 1 aromatic heterocycles. The average molecular weight is 306 g/mol. The Morgan fingerprint density at radius 2 is 2.10 bits per heavy atom. The van der Waals surface area contributed by atoms with Gasteiger partial charge in [0.05, 0.1) is 0 Å². The highest BCUT2D eigenvalue weighted by Crippen LogP contribution is 2.21. The smallest absolute Gasteiger partial charge is 0.0206 e. The number of benzene rings is 1. The first kappa shape index (κ1) is 15.6. The zero-order valence-electron chi connectivity index (χ0n) is 12.3.